The van der Waals surface area contributed by atoms with Crippen molar-refractivity contribution in [3.63, 3.8) is 0 Å². The van der Waals surface area contributed by atoms with E-state index in [1.165, 1.54) is 7.11 Å². The number of esters is 1. The van der Waals surface area contributed by atoms with E-state index in [2.05, 4.69) is 5.32 Å². The van der Waals surface area contributed by atoms with E-state index in [0.29, 0.717) is 29.2 Å². The van der Waals surface area contributed by atoms with Crippen LogP contribution in [0.2, 0.25) is 0 Å². The van der Waals surface area contributed by atoms with Crippen LogP contribution in [0.4, 0.5) is 17.1 Å². The number of aliphatic imine (C=N–C) groups is 1. The van der Waals surface area contributed by atoms with Crippen molar-refractivity contribution in [2.45, 2.75) is 12.5 Å². The Kier molecular flexibility index (Phi) is 8.55. The van der Waals surface area contributed by atoms with Crippen molar-refractivity contribution >= 4 is 40.6 Å². The van der Waals surface area contributed by atoms with Crippen molar-refractivity contribution in [1.29, 1.82) is 0 Å². The van der Waals surface area contributed by atoms with Crippen LogP contribution in [-0.2, 0) is 20.9 Å². The monoisotopic (exact) mass is 560 g/mol. The van der Waals surface area contributed by atoms with Crippen LogP contribution in [0.5, 0.6) is 0 Å². The summed E-state index contributed by atoms with van der Waals surface area (Å²) in [4.78, 5) is 47.2. The van der Waals surface area contributed by atoms with E-state index >= 15 is 0 Å². The number of likely N-dealkylation sites (N-methyl/N-ethyl adjacent to an activating group) is 1. The lowest BCUT2D eigenvalue weighted by Gasteiger charge is -2.25. The van der Waals surface area contributed by atoms with E-state index in [4.69, 9.17) is 9.73 Å². The molecule has 1 aliphatic rings. The lowest BCUT2D eigenvalue weighted by atomic mass is 9.90. The van der Waals surface area contributed by atoms with Crippen LogP contribution in [0.3, 0.4) is 0 Å². The molecule has 1 heterocycles. The second-order valence-electron chi connectivity index (χ2n) is 10.3. The second-order valence-corrected chi connectivity index (χ2v) is 10.3. The molecule has 5 rings (SSSR count). The number of methoxy groups -OCH3 is 1. The highest BCUT2D eigenvalue weighted by molar-refractivity contribution is 6.24. The Labute approximate surface area is 245 Å². The van der Waals surface area contributed by atoms with E-state index < -0.39 is 11.9 Å². The number of nitrogens with zero attached hydrogens (tertiary/aromatic N) is 3. The van der Waals surface area contributed by atoms with Crippen molar-refractivity contribution < 1.29 is 19.1 Å². The predicted molar refractivity (Wildman–Crippen MR) is 164 cm³/mol. The first-order chi connectivity index (χ1) is 20.3. The molecule has 4 aromatic rings. The second kappa shape index (κ2) is 12.6. The zero-order chi connectivity index (χ0) is 29.6. The molecular formula is C34H32N4O4. The maximum Gasteiger partial charge on any atom is 0.337 e. The van der Waals surface area contributed by atoms with Gasteiger partial charge in [-0.2, -0.15) is 0 Å². The molecule has 8 heteroatoms. The first-order valence-corrected chi connectivity index (χ1v) is 13.6. The summed E-state index contributed by atoms with van der Waals surface area (Å²) in [5.74, 6) is -1.40. The molecule has 1 atom stereocenters. The van der Waals surface area contributed by atoms with E-state index in [0.717, 1.165) is 22.4 Å². The molecule has 1 N–H and O–H groups in total. The summed E-state index contributed by atoms with van der Waals surface area (Å²) >= 11 is 0. The molecule has 0 saturated carbocycles. The number of fused-ring (bicyclic) bond motifs is 1. The summed E-state index contributed by atoms with van der Waals surface area (Å²) in [5, 5.41) is 2.90. The van der Waals surface area contributed by atoms with Crippen LogP contribution in [0.25, 0.3) is 0 Å². The van der Waals surface area contributed by atoms with Gasteiger partial charge in [0, 0.05) is 11.4 Å². The molecule has 1 unspecified atom stereocenters. The molecule has 8 nitrogen and oxygen atoms in total. The third-order valence-corrected chi connectivity index (χ3v) is 7.00. The molecule has 0 aliphatic carbocycles. The minimum Gasteiger partial charge on any atom is -0.465 e. The maximum absolute atomic E-state index is 13.3. The highest BCUT2D eigenvalue weighted by atomic mass is 16.5. The largest absolute Gasteiger partial charge is 0.465 e. The molecule has 0 spiro atoms. The smallest absolute Gasteiger partial charge is 0.337 e. The Hall–Kier alpha value is -5.08. The number of hydrogen-bond donors (Lipinski definition) is 1. The summed E-state index contributed by atoms with van der Waals surface area (Å²) < 4.78 is 4.84. The van der Waals surface area contributed by atoms with Gasteiger partial charge in [-0.3, -0.25) is 14.6 Å². The normalized spacial score (nSPS) is 14.3. The summed E-state index contributed by atoms with van der Waals surface area (Å²) in [6.07, 6.45) is 0. The molecule has 4 aromatic carbocycles. The number of hydrogen-bond acceptors (Lipinski definition) is 6. The topological polar surface area (TPSA) is 91.3 Å². The summed E-state index contributed by atoms with van der Waals surface area (Å²) in [6, 6.07) is 31.9. The zero-order valence-electron chi connectivity index (χ0n) is 23.8. The van der Waals surface area contributed by atoms with Gasteiger partial charge in [0.2, 0.25) is 11.8 Å². The lowest BCUT2D eigenvalue weighted by molar-refractivity contribution is -0.119. The molecule has 0 aromatic heterocycles. The molecular weight excluding hydrogens is 528 g/mol. The molecule has 0 fully saturated rings. The van der Waals surface area contributed by atoms with Gasteiger partial charge in [-0.1, -0.05) is 66.7 Å². The van der Waals surface area contributed by atoms with Gasteiger partial charge in [0.15, 0.2) is 0 Å². The number of amides is 2. The van der Waals surface area contributed by atoms with Crippen molar-refractivity contribution in [3.8, 4) is 0 Å². The molecule has 1 aliphatic heterocycles. The lowest BCUT2D eigenvalue weighted by Crippen LogP contribution is -2.37. The number of rotatable bonds is 9. The third kappa shape index (κ3) is 6.29. The van der Waals surface area contributed by atoms with Gasteiger partial charge in [-0.05, 0) is 67.2 Å². The summed E-state index contributed by atoms with van der Waals surface area (Å²) in [6.45, 7) is 0.719. The number of carbonyl (C=O) groups excluding carboxylic acids is 3. The minimum absolute atomic E-state index is 0.0179. The third-order valence-electron chi connectivity index (χ3n) is 7.00. The fourth-order valence-electron chi connectivity index (χ4n) is 4.97. The van der Waals surface area contributed by atoms with Gasteiger partial charge in [-0.15, -0.1) is 0 Å². The van der Waals surface area contributed by atoms with E-state index in [1.54, 1.807) is 23.1 Å². The van der Waals surface area contributed by atoms with Crippen molar-refractivity contribution in [3.05, 3.63) is 125 Å². The number of benzene rings is 4. The van der Waals surface area contributed by atoms with Crippen LogP contribution in [0.1, 0.15) is 33.0 Å². The molecule has 42 heavy (non-hydrogen) atoms. The minimum atomic E-state index is -0.676. The van der Waals surface area contributed by atoms with E-state index in [1.807, 2.05) is 104 Å². The molecule has 0 radical (unpaired) electrons. The number of nitrogens with one attached hydrogen (secondary N) is 1. The van der Waals surface area contributed by atoms with Crippen LogP contribution >= 0.6 is 0 Å². The van der Waals surface area contributed by atoms with Gasteiger partial charge < -0.3 is 19.9 Å². The first-order valence-electron chi connectivity index (χ1n) is 13.6. The van der Waals surface area contributed by atoms with Gasteiger partial charge >= 0.3 is 5.97 Å². The Bertz CT molecular complexity index is 1620. The highest BCUT2D eigenvalue weighted by Gasteiger charge is 2.36. The van der Waals surface area contributed by atoms with Gasteiger partial charge in [-0.25, -0.2) is 4.79 Å². The number of anilines is 2. The van der Waals surface area contributed by atoms with Gasteiger partial charge in [0.1, 0.15) is 5.92 Å². The van der Waals surface area contributed by atoms with Crippen molar-refractivity contribution in [1.82, 2.24) is 4.90 Å². The van der Waals surface area contributed by atoms with Crippen LogP contribution < -0.4 is 10.2 Å². The first kappa shape index (κ1) is 28.4. The standard InChI is InChI=1S/C34H32N4O4/c1-37(2)22-30(39)38(21-23-10-6-4-7-11-23)27-17-15-26(16-18-27)35-32(24-12-8-5-9-13-24)31-28-19-14-25(34(41)42-3)20-29(28)36-33(31)40/h4-20,31H,21-22H2,1-3H3,(H,36,40). The Balaban J connectivity index is 1.51. The fraction of sp³-hybridized carbons (Fsp3) is 0.176. The van der Waals surface area contributed by atoms with Crippen molar-refractivity contribution in [2.24, 2.45) is 4.99 Å². The number of ether oxygens (including phenoxy) is 1. The Morgan fingerprint density at radius 3 is 2.17 bits per heavy atom. The molecule has 0 bridgehead atoms. The highest BCUT2D eigenvalue weighted by Crippen LogP contribution is 2.37. The predicted octanol–water partition coefficient (Wildman–Crippen LogP) is 5.42. The van der Waals surface area contributed by atoms with Crippen LogP contribution in [0, 0.1) is 0 Å². The van der Waals surface area contributed by atoms with Crippen LogP contribution in [-0.4, -0.2) is 56.1 Å². The average Bonchev–Trinajstić information content (AvgIpc) is 3.33. The quantitative estimate of drug-likeness (QED) is 0.218. The molecule has 0 saturated heterocycles. The van der Waals surface area contributed by atoms with Crippen molar-refractivity contribution in [2.75, 3.05) is 38.0 Å². The zero-order valence-corrected chi connectivity index (χ0v) is 23.8. The SMILES string of the molecule is COC(=O)c1ccc2c(c1)NC(=O)C2C(=Nc1ccc(N(Cc2ccccc2)C(=O)CN(C)C)cc1)c1ccccc1. The maximum atomic E-state index is 13.3. The number of carbonyl (C=O) groups is 3. The molecule has 2 amide bonds. The van der Waals surface area contributed by atoms with Gasteiger partial charge in [0.25, 0.3) is 0 Å². The Morgan fingerprint density at radius 2 is 1.52 bits per heavy atom. The Morgan fingerprint density at radius 1 is 0.857 bits per heavy atom. The average molecular weight is 561 g/mol. The van der Waals surface area contributed by atoms with Crippen LogP contribution in [0.15, 0.2) is 108 Å². The van der Waals surface area contributed by atoms with E-state index in [9.17, 15) is 14.4 Å². The summed E-state index contributed by atoms with van der Waals surface area (Å²) in [7, 11) is 5.06. The van der Waals surface area contributed by atoms with Gasteiger partial charge in [0.05, 0.1) is 37.2 Å². The van der Waals surface area contributed by atoms with E-state index in [-0.39, 0.29) is 18.4 Å². The summed E-state index contributed by atoms with van der Waals surface area (Å²) in [5.41, 5.74) is 5.45. The molecule has 212 valence electrons. The fourth-order valence-corrected chi connectivity index (χ4v) is 4.97.